The molecular formula is C10HF6. The van der Waals surface area contributed by atoms with Crippen LogP contribution in [0.5, 0.6) is 0 Å². The Hall–Kier alpha value is -1.72. The van der Waals surface area contributed by atoms with Gasteiger partial charge in [0.2, 0.25) is 0 Å². The first kappa shape index (κ1) is 10.8. The highest BCUT2D eigenvalue weighted by Gasteiger charge is 2.23. The maximum absolute atomic E-state index is 13.1. The van der Waals surface area contributed by atoms with E-state index in [4.69, 9.17) is 0 Å². The van der Waals surface area contributed by atoms with Crippen LogP contribution in [0.4, 0.5) is 26.3 Å². The van der Waals surface area contributed by atoms with E-state index in [2.05, 4.69) is 0 Å². The minimum atomic E-state index is -2.15. The highest BCUT2D eigenvalue weighted by atomic mass is 19.2. The maximum Gasteiger partial charge on any atom is 0.198 e. The minimum absolute atomic E-state index is 0.197. The van der Waals surface area contributed by atoms with Crippen LogP contribution in [0.25, 0.3) is 10.8 Å². The molecule has 2 aromatic carbocycles. The number of rotatable bonds is 0. The van der Waals surface area contributed by atoms with E-state index in [1.165, 1.54) is 0 Å². The summed E-state index contributed by atoms with van der Waals surface area (Å²) in [4.78, 5) is 0. The molecule has 0 aliphatic heterocycles. The van der Waals surface area contributed by atoms with Crippen molar-refractivity contribution in [3.63, 3.8) is 0 Å². The number of hydrogen-bond acceptors (Lipinski definition) is 0. The summed E-state index contributed by atoms with van der Waals surface area (Å²) in [5.74, 6) is -10.9. The topological polar surface area (TPSA) is 0 Å². The molecule has 83 valence electrons. The molecule has 6 heteroatoms. The van der Waals surface area contributed by atoms with E-state index < -0.39 is 45.7 Å². The molecule has 0 aliphatic rings. The molecule has 0 heterocycles. The summed E-state index contributed by atoms with van der Waals surface area (Å²) in [6, 6.07) is 1.78. The van der Waals surface area contributed by atoms with Crippen LogP contribution < -0.4 is 0 Å². The Bertz CT molecular complexity index is 590. The second kappa shape index (κ2) is 3.40. The number of hydrogen-bond donors (Lipinski definition) is 0. The molecule has 0 N–H and O–H groups in total. The minimum Gasteiger partial charge on any atom is -0.206 e. The van der Waals surface area contributed by atoms with Gasteiger partial charge in [-0.3, -0.25) is 0 Å². The SMILES string of the molecule is Fc1[c]c2c(F)c(F)c(F)c(F)c2c(F)c1. The van der Waals surface area contributed by atoms with E-state index in [1.807, 2.05) is 0 Å². The van der Waals surface area contributed by atoms with Crippen LogP contribution in [0.1, 0.15) is 0 Å². The Morgan fingerprint density at radius 1 is 0.750 bits per heavy atom. The van der Waals surface area contributed by atoms with Crippen molar-refractivity contribution in [1.29, 1.82) is 0 Å². The zero-order chi connectivity index (χ0) is 12.0. The van der Waals surface area contributed by atoms with Gasteiger partial charge in [0, 0.05) is 17.5 Å². The third-order valence-electron chi connectivity index (χ3n) is 2.00. The second-order valence-electron chi connectivity index (χ2n) is 2.97. The Kier molecular flexibility index (Phi) is 2.29. The van der Waals surface area contributed by atoms with Gasteiger partial charge in [-0.25, -0.2) is 26.3 Å². The molecule has 1 radical (unpaired) electrons. The van der Waals surface area contributed by atoms with Crippen molar-refractivity contribution < 1.29 is 26.3 Å². The van der Waals surface area contributed by atoms with Gasteiger partial charge in [0.15, 0.2) is 23.3 Å². The van der Waals surface area contributed by atoms with Gasteiger partial charge >= 0.3 is 0 Å². The third-order valence-corrected chi connectivity index (χ3v) is 2.00. The van der Waals surface area contributed by atoms with E-state index in [9.17, 15) is 26.3 Å². The molecule has 0 nitrogen and oxygen atoms in total. The van der Waals surface area contributed by atoms with E-state index in [0.29, 0.717) is 0 Å². The van der Waals surface area contributed by atoms with Gasteiger partial charge < -0.3 is 0 Å². The van der Waals surface area contributed by atoms with Crippen molar-refractivity contribution >= 4 is 10.8 Å². The molecule has 0 saturated heterocycles. The average Bonchev–Trinajstić information content (AvgIpc) is 2.22. The summed E-state index contributed by atoms with van der Waals surface area (Å²) in [7, 11) is 0. The predicted octanol–water partition coefficient (Wildman–Crippen LogP) is 3.47. The summed E-state index contributed by atoms with van der Waals surface area (Å²) in [5, 5.41) is -2.27. The van der Waals surface area contributed by atoms with Crippen LogP contribution in [-0.4, -0.2) is 0 Å². The first-order valence-electron chi connectivity index (χ1n) is 3.96. The fourth-order valence-electron chi connectivity index (χ4n) is 1.31. The Balaban J connectivity index is 3.08. The summed E-state index contributed by atoms with van der Waals surface area (Å²) >= 11 is 0. The van der Waals surface area contributed by atoms with Crippen LogP contribution in [0.2, 0.25) is 0 Å². The van der Waals surface area contributed by atoms with Crippen LogP contribution in [0, 0.1) is 41.0 Å². The van der Waals surface area contributed by atoms with E-state index in [-0.39, 0.29) is 6.07 Å². The molecule has 0 atom stereocenters. The van der Waals surface area contributed by atoms with Gasteiger partial charge in [0.05, 0.1) is 5.39 Å². The highest BCUT2D eigenvalue weighted by Crippen LogP contribution is 2.28. The van der Waals surface area contributed by atoms with Crippen LogP contribution in [-0.2, 0) is 0 Å². The van der Waals surface area contributed by atoms with Crippen molar-refractivity contribution in [3.8, 4) is 0 Å². The standard InChI is InChI=1S/C10HF6/c11-3-1-4-6(5(12)2-3)8(14)10(16)9(15)7(4)13/h2H. The van der Waals surface area contributed by atoms with Gasteiger partial charge in [-0.2, -0.15) is 0 Å². The molecule has 0 spiro atoms. The lowest BCUT2D eigenvalue weighted by atomic mass is 10.1. The second-order valence-corrected chi connectivity index (χ2v) is 2.97. The zero-order valence-corrected chi connectivity index (χ0v) is 7.35. The van der Waals surface area contributed by atoms with Crippen molar-refractivity contribution in [3.05, 3.63) is 47.0 Å². The molecule has 16 heavy (non-hydrogen) atoms. The quantitative estimate of drug-likeness (QED) is 0.372. The number of fused-ring (bicyclic) bond motifs is 1. The van der Waals surface area contributed by atoms with Crippen LogP contribution >= 0.6 is 0 Å². The molecule has 2 rings (SSSR count). The normalized spacial score (nSPS) is 11.1. The summed E-state index contributed by atoms with van der Waals surface area (Å²) in [5.41, 5.74) is 0. The fourth-order valence-corrected chi connectivity index (χ4v) is 1.31. The van der Waals surface area contributed by atoms with Crippen LogP contribution in [0.15, 0.2) is 6.07 Å². The van der Waals surface area contributed by atoms with Gasteiger partial charge in [-0.1, -0.05) is 0 Å². The van der Waals surface area contributed by atoms with E-state index in [0.717, 1.165) is 0 Å². The summed E-state index contributed by atoms with van der Waals surface area (Å²) in [6.07, 6.45) is 0. The molecule has 0 aromatic heterocycles. The average molecular weight is 235 g/mol. The van der Waals surface area contributed by atoms with Gasteiger partial charge in [0.1, 0.15) is 11.6 Å². The molecule has 0 unspecified atom stereocenters. The number of halogens is 6. The molecule has 0 bridgehead atoms. The summed E-state index contributed by atoms with van der Waals surface area (Å²) in [6.45, 7) is 0. The summed E-state index contributed by atoms with van der Waals surface area (Å²) < 4.78 is 77.3. The molecule has 0 saturated carbocycles. The van der Waals surface area contributed by atoms with Crippen molar-refractivity contribution in [1.82, 2.24) is 0 Å². The predicted molar refractivity (Wildman–Crippen MR) is 42.5 cm³/mol. The van der Waals surface area contributed by atoms with Gasteiger partial charge in [-0.05, 0) is 0 Å². The Morgan fingerprint density at radius 2 is 1.31 bits per heavy atom. The third kappa shape index (κ3) is 1.33. The first-order chi connectivity index (χ1) is 7.43. The monoisotopic (exact) mass is 235 g/mol. The van der Waals surface area contributed by atoms with E-state index in [1.54, 1.807) is 6.07 Å². The van der Waals surface area contributed by atoms with Crippen molar-refractivity contribution in [2.75, 3.05) is 0 Å². The Labute approximate surface area is 85.1 Å². The highest BCUT2D eigenvalue weighted by molar-refractivity contribution is 5.84. The van der Waals surface area contributed by atoms with Crippen LogP contribution in [0.3, 0.4) is 0 Å². The Morgan fingerprint density at radius 3 is 1.94 bits per heavy atom. The largest absolute Gasteiger partial charge is 0.206 e. The lowest BCUT2D eigenvalue weighted by Crippen LogP contribution is -2.00. The molecule has 0 fully saturated rings. The number of benzene rings is 2. The molecular weight excluding hydrogens is 234 g/mol. The van der Waals surface area contributed by atoms with E-state index >= 15 is 0 Å². The zero-order valence-electron chi connectivity index (χ0n) is 7.35. The maximum atomic E-state index is 13.1. The smallest absolute Gasteiger partial charge is 0.198 e. The lowest BCUT2D eigenvalue weighted by molar-refractivity contribution is 0.416. The van der Waals surface area contributed by atoms with Gasteiger partial charge in [-0.15, -0.1) is 0 Å². The lowest BCUT2D eigenvalue weighted by Gasteiger charge is -2.05. The molecule has 0 amide bonds. The van der Waals surface area contributed by atoms with Crippen molar-refractivity contribution in [2.45, 2.75) is 0 Å². The fraction of sp³-hybridized carbons (Fsp3) is 0. The first-order valence-corrected chi connectivity index (χ1v) is 3.96. The van der Waals surface area contributed by atoms with Crippen molar-refractivity contribution in [2.24, 2.45) is 0 Å². The molecule has 2 aromatic rings. The molecule has 0 aliphatic carbocycles. The van der Waals surface area contributed by atoms with Gasteiger partial charge in [0.25, 0.3) is 0 Å².